The SMILES string of the molecule is COc1ccc2c(Br)nc(CCO)n2c1. The summed E-state index contributed by atoms with van der Waals surface area (Å²) in [6.07, 6.45) is 2.39. The van der Waals surface area contributed by atoms with Gasteiger partial charge >= 0.3 is 0 Å². The number of halogens is 1. The van der Waals surface area contributed by atoms with E-state index >= 15 is 0 Å². The van der Waals surface area contributed by atoms with Crippen LogP contribution in [0.4, 0.5) is 0 Å². The molecule has 15 heavy (non-hydrogen) atoms. The number of aromatic nitrogens is 2. The van der Waals surface area contributed by atoms with E-state index in [9.17, 15) is 0 Å². The third kappa shape index (κ3) is 1.85. The second-order valence-corrected chi connectivity index (χ2v) is 3.87. The molecule has 0 atom stereocenters. The van der Waals surface area contributed by atoms with Gasteiger partial charge in [-0.1, -0.05) is 0 Å². The summed E-state index contributed by atoms with van der Waals surface area (Å²) in [5, 5.41) is 8.92. The molecule has 0 aliphatic carbocycles. The molecular formula is C10H11BrN2O2. The molecule has 0 fully saturated rings. The van der Waals surface area contributed by atoms with Gasteiger partial charge in [0.1, 0.15) is 16.2 Å². The summed E-state index contributed by atoms with van der Waals surface area (Å²) in [5.74, 6) is 1.59. The van der Waals surface area contributed by atoms with Crippen LogP contribution in [-0.2, 0) is 6.42 Å². The Balaban J connectivity index is 2.60. The molecule has 0 amide bonds. The second-order valence-electron chi connectivity index (χ2n) is 3.12. The maximum Gasteiger partial charge on any atom is 0.135 e. The minimum atomic E-state index is 0.0861. The van der Waals surface area contributed by atoms with E-state index in [2.05, 4.69) is 20.9 Å². The first kappa shape index (κ1) is 10.4. The van der Waals surface area contributed by atoms with Crippen molar-refractivity contribution in [1.82, 2.24) is 9.38 Å². The van der Waals surface area contributed by atoms with Crippen molar-refractivity contribution in [3.63, 3.8) is 0 Å². The summed E-state index contributed by atoms with van der Waals surface area (Å²) in [6.45, 7) is 0.0861. The molecule has 2 rings (SSSR count). The van der Waals surface area contributed by atoms with E-state index in [0.717, 1.165) is 21.7 Å². The number of aliphatic hydroxyl groups is 1. The van der Waals surface area contributed by atoms with Crippen molar-refractivity contribution in [2.45, 2.75) is 6.42 Å². The Bertz CT molecular complexity index is 481. The molecule has 2 heterocycles. The molecule has 80 valence electrons. The number of fused-ring (bicyclic) bond motifs is 1. The zero-order chi connectivity index (χ0) is 10.8. The topological polar surface area (TPSA) is 46.8 Å². The van der Waals surface area contributed by atoms with Gasteiger partial charge in [0.25, 0.3) is 0 Å². The van der Waals surface area contributed by atoms with Crippen LogP contribution in [0.5, 0.6) is 5.75 Å². The summed E-state index contributed by atoms with van der Waals surface area (Å²) in [7, 11) is 1.62. The molecule has 0 bridgehead atoms. The van der Waals surface area contributed by atoms with Gasteiger partial charge in [-0.25, -0.2) is 4.98 Å². The highest BCUT2D eigenvalue weighted by Gasteiger charge is 2.08. The van der Waals surface area contributed by atoms with E-state index in [1.165, 1.54) is 0 Å². The van der Waals surface area contributed by atoms with Crippen LogP contribution in [-0.4, -0.2) is 28.2 Å². The maximum absolute atomic E-state index is 8.92. The van der Waals surface area contributed by atoms with E-state index in [1.807, 2.05) is 22.7 Å². The van der Waals surface area contributed by atoms with Crippen molar-refractivity contribution in [2.75, 3.05) is 13.7 Å². The van der Waals surface area contributed by atoms with Crippen molar-refractivity contribution in [3.05, 3.63) is 28.8 Å². The fraction of sp³-hybridized carbons (Fsp3) is 0.300. The van der Waals surface area contributed by atoms with Crippen LogP contribution in [0.3, 0.4) is 0 Å². The summed E-state index contributed by atoms with van der Waals surface area (Å²) in [6, 6.07) is 3.81. The Labute approximate surface area is 95.6 Å². The predicted octanol–water partition coefficient (Wildman–Crippen LogP) is 1.64. The summed E-state index contributed by atoms with van der Waals surface area (Å²) in [5.41, 5.74) is 0.972. The Kier molecular flexibility index (Phi) is 2.93. The second kappa shape index (κ2) is 4.20. The normalized spacial score (nSPS) is 10.9. The fourth-order valence-electron chi connectivity index (χ4n) is 1.48. The smallest absolute Gasteiger partial charge is 0.135 e. The number of hydrogen-bond donors (Lipinski definition) is 1. The van der Waals surface area contributed by atoms with Gasteiger partial charge in [-0.3, -0.25) is 4.40 Å². The Morgan fingerprint density at radius 1 is 1.53 bits per heavy atom. The minimum absolute atomic E-state index is 0.0861. The molecule has 0 aliphatic heterocycles. The molecule has 0 aromatic carbocycles. The highest BCUT2D eigenvalue weighted by molar-refractivity contribution is 9.10. The van der Waals surface area contributed by atoms with Crippen molar-refractivity contribution >= 4 is 21.4 Å². The molecule has 0 saturated carbocycles. The summed E-state index contributed by atoms with van der Waals surface area (Å²) < 4.78 is 7.84. The first-order valence-corrected chi connectivity index (χ1v) is 5.37. The van der Waals surface area contributed by atoms with Gasteiger partial charge in [0, 0.05) is 6.42 Å². The van der Waals surface area contributed by atoms with Crippen LogP contribution in [0.25, 0.3) is 5.52 Å². The van der Waals surface area contributed by atoms with E-state index in [1.54, 1.807) is 7.11 Å². The molecular weight excluding hydrogens is 260 g/mol. The fourth-order valence-corrected chi connectivity index (χ4v) is 2.01. The zero-order valence-corrected chi connectivity index (χ0v) is 9.86. The number of aliphatic hydroxyl groups excluding tert-OH is 1. The van der Waals surface area contributed by atoms with Crippen molar-refractivity contribution in [2.24, 2.45) is 0 Å². The molecule has 0 unspecified atom stereocenters. The maximum atomic E-state index is 8.92. The molecule has 0 saturated heterocycles. The molecule has 0 radical (unpaired) electrons. The Morgan fingerprint density at radius 2 is 2.33 bits per heavy atom. The first-order chi connectivity index (χ1) is 7.26. The molecule has 4 nitrogen and oxygen atoms in total. The predicted molar refractivity (Wildman–Crippen MR) is 60.2 cm³/mol. The lowest BCUT2D eigenvalue weighted by atomic mass is 10.4. The number of rotatable bonds is 3. The monoisotopic (exact) mass is 270 g/mol. The van der Waals surface area contributed by atoms with Gasteiger partial charge in [-0.2, -0.15) is 0 Å². The Morgan fingerprint density at radius 3 is 3.00 bits per heavy atom. The van der Waals surface area contributed by atoms with E-state index in [0.29, 0.717) is 6.42 Å². The number of hydrogen-bond acceptors (Lipinski definition) is 3. The third-order valence-corrected chi connectivity index (χ3v) is 2.79. The lowest BCUT2D eigenvalue weighted by molar-refractivity contribution is 0.296. The van der Waals surface area contributed by atoms with Gasteiger partial charge in [0.15, 0.2) is 0 Å². The first-order valence-electron chi connectivity index (χ1n) is 4.57. The highest BCUT2D eigenvalue weighted by atomic mass is 79.9. The van der Waals surface area contributed by atoms with Crippen molar-refractivity contribution in [1.29, 1.82) is 0 Å². The van der Waals surface area contributed by atoms with Crippen LogP contribution in [0.1, 0.15) is 5.82 Å². The lowest BCUT2D eigenvalue weighted by Gasteiger charge is -2.02. The van der Waals surface area contributed by atoms with Crippen molar-refractivity contribution < 1.29 is 9.84 Å². The van der Waals surface area contributed by atoms with E-state index < -0.39 is 0 Å². The van der Waals surface area contributed by atoms with E-state index in [-0.39, 0.29) is 6.61 Å². The molecule has 2 aromatic rings. The van der Waals surface area contributed by atoms with Crippen LogP contribution in [0.15, 0.2) is 22.9 Å². The number of imidazole rings is 1. The minimum Gasteiger partial charge on any atom is -0.495 e. The highest BCUT2D eigenvalue weighted by Crippen LogP contribution is 2.22. The van der Waals surface area contributed by atoms with Gasteiger partial charge in [-0.15, -0.1) is 0 Å². The molecule has 0 aliphatic rings. The van der Waals surface area contributed by atoms with Gasteiger partial charge < -0.3 is 9.84 Å². The third-order valence-electron chi connectivity index (χ3n) is 2.21. The lowest BCUT2D eigenvalue weighted by Crippen LogP contribution is -1.98. The average molecular weight is 271 g/mol. The number of pyridine rings is 1. The zero-order valence-electron chi connectivity index (χ0n) is 8.27. The van der Waals surface area contributed by atoms with E-state index in [4.69, 9.17) is 9.84 Å². The molecule has 1 N–H and O–H groups in total. The van der Waals surface area contributed by atoms with Crippen LogP contribution in [0, 0.1) is 0 Å². The number of ether oxygens (including phenoxy) is 1. The van der Waals surface area contributed by atoms with Gasteiger partial charge in [0.05, 0.1) is 25.4 Å². The quantitative estimate of drug-likeness (QED) is 0.923. The van der Waals surface area contributed by atoms with Gasteiger partial charge in [-0.05, 0) is 28.1 Å². The standard InChI is InChI=1S/C10H11BrN2O2/c1-15-7-2-3-8-10(11)12-9(4-5-14)13(8)6-7/h2-3,6,14H,4-5H2,1H3. The summed E-state index contributed by atoms with van der Waals surface area (Å²) >= 11 is 3.38. The molecule has 0 spiro atoms. The number of nitrogens with zero attached hydrogens (tertiary/aromatic N) is 2. The Hall–Kier alpha value is -1.07. The average Bonchev–Trinajstić information content (AvgIpc) is 2.56. The van der Waals surface area contributed by atoms with Gasteiger partial charge in [0.2, 0.25) is 0 Å². The number of methoxy groups -OCH3 is 1. The van der Waals surface area contributed by atoms with Crippen LogP contribution in [0.2, 0.25) is 0 Å². The summed E-state index contributed by atoms with van der Waals surface area (Å²) in [4.78, 5) is 4.32. The van der Waals surface area contributed by atoms with Crippen molar-refractivity contribution in [3.8, 4) is 5.75 Å². The molecule has 2 aromatic heterocycles. The van der Waals surface area contributed by atoms with Crippen LogP contribution >= 0.6 is 15.9 Å². The largest absolute Gasteiger partial charge is 0.495 e. The van der Waals surface area contributed by atoms with Crippen LogP contribution < -0.4 is 4.74 Å². The molecule has 5 heteroatoms.